The molecular formula is C27H34N8O2. The summed E-state index contributed by atoms with van der Waals surface area (Å²) in [5.41, 5.74) is 4.83. The standard InChI is InChI=1S/C19H24N4O.C8H10N4O/c1-2-8-23(7-1)18-5-3-16(4-6-18)17-13-20-19(21-14-17)15-22-9-11-24-12-10-22;1-4-7(13)5(2)12-8(9-4)10-6(3)11-12/h3-6,13-14H,1-2,7-12,15H2;13H,1-3H3. The van der Waals surface area contributed by atoms with E-state index >= 15 is 0 Å². The van der Waals surface area contributed by atoms with Gasteiger partial charge in [-0.05, 0) is 51.3 Å². The largest absolute Gasteiger partial charge is 0.504 e. The topological polar surface area (TPSA) is 105 Å². The number of aromatic nitrogens is 6. The summed E-state index contributed by atoms with van der Waals surface area (Å²) in [4.78, 5) is 22.1. The molecule has 10 nitrogen and oxygen atoms in total. The van der Waals surface area contributed by atoms with Crippen LogP contribution in [-0.2, 0) is 11.3 Å². The first-order chi connectivity index (χ1) is 18.0. The van der Waals surface area contributed by atoms with Crippen LogP contribution in [-0.4, -0.2) is 78.9 Å². The lowest BCUT2D eigenvalue weighted by molar-refractivity contribution is 0.0330. The van der Waals surface area contributed by atoms with Crippen LogP contribution in [0.3, 0.4) is 0 Å². The van der Waals surface area contributed by atoms with Crippen LogP contribution in [0, 0.1) is 20.8 Å². The van der Waals surface area contributed by atoms with Crippen LogP contribution in [0.15, 0.2) is 36.7 Å². The summed E-state index contributed by atoms with van der Waals surface area (Å²) in [6.45, 7) is 12.0. The Bertz CT molecular complexity index is 1330. The fourth-order valence-corrected chi connectivity index (χ4v) is 4.65. The van der Waals surface area contributed by atoms with Gasteiger partial charge in [-0.15, -0.1) is 5.10 Å². The predicted octanol–water partition coefficient (Wildman–Crippen LogP) is 3.33. The molecule has 0 atom stereocenters. The number of aromatic hydroxyl groups is 1. The number of fused-ring (bicyclic) bond motifs is 1. The first kappa shape index (κ1) is 25.0. The SMILES string of the molecule is Cc1nc2nc(C)c(O)c(C)n2n1.c1cc(N2CCCC2)ccc1-c1cnc(CN2CCOCC2)nc1. The molecule has 2 fully saturated rings. The highest BCUT2D eigenvalue weighted by molar-refractivity contribution is 5.65. The third kappa shape index (κ3) is 5.86. The molecule has 194 valence electrons. The van der Waals surface area contributed by atoms with E-state index in [0.717, 1.165) is 44.2 Å². The van der Waals surface area contributed by atoms with Crippen molar-refractivity contribution >= 4 is 11.5 Å². The number of morpholine rings is 1. The lowest BCUT2D eigenvalue weighted by Crippen LogP contribution is -2.36. The summed E-state index contributed by atoms with van der Waals surface area (Å²) in [6, 6.07) is 8.77. The fourth-order valence-electron chi connectivity index (χ4n) is 4.65. The summed E-state index contributed by atoms with van der Waals surface area (Å²) in [5, 5.41) is 13.7. The second kappa shape index (κ2) is 11.2. The highest BCUT2D eigenvalue weighted by Crippen LogP contribution is 2.25. The summed E-state index contributed by atoms with van der Waals surface area (Å²) in [5.74, 6) is 2.25. The number of rotatable bonds is 4. The van der Waals surface area contributed by atoms with E-state index in [1.54, 1.807) is 20.8 Å². The van der Waals surface area contributed by atoms with Crippen molar-refractivity contribution in [3.63, 3.8) is 0 Å². The van der Waals surface area contributed by atoms with E-state index in [1.807, 2.05) is 12.4 Å². The summed E-state index contributed by atoms with van der Waals surface area (Å²) >= 11 is 0. The molecule has 0 amide bonds. The third-order valence-electron chi connectivity index (χ3n) is 6.81. The minimum Gasteiger partial charge on any atom is -0.504 e. The maximum absolute atomic E-state index is 9.56. The maximum Gasteiger partial charge on any atom is 0.253 e. The van der Waals surface area contributed by atoms with Gasteiger partial charge in [-0.2, -0.15) is 9.50 Å². The molecule has 0 unspecified atom stereocenters. The van der Waals surface area contributed by atoms with Crippen molar-refractivity contribution in [3.8, 4) is 16.9 Å². The van der Waals surface area contributed by atoms with Gasteiger partial charge in [0.2, 0.25) is 0 Å². The highest BCUT2D eigenvalue weighted by atomic mass is 16.5. The second-order valence-corrected chi connectivity index (χ2v) is 9.52. The number of aryl methyl sites for hydroxylation is 3. The predicted molar refractivity (Wildman–Crippen MR) is 142 cm³/mol. The Labute approximate surface area is 217 Å². The zero-order valence-electron chi connectivity index (χ0n) is 21.8. The van der Waals surface area contributed by atoms with Crippen molar-refractivity contribution in [2.24, 2.45) is 0 Å². The maximum atomic E-state index is 9.56. The van der Waals surface area contributed by atoms with Crippen molar-refractivity contribution in [1.29, 1.82) is 0 Å². The van der Waals surface area contributed by atoms with Gasteiger partial charge >= 0.3 is 0 Å². The van der Waals surface area contributed by atoms with Crippen LogP contribution in [0.25, 0.3) is 16.9 Å². The molecule has 3 aromatic heterocycles. The Morgan fingerprint density at radius 1 is 0.865 bits per heavy atom. The quantitative estimate of drug-likeness (QED) is 0.450. The summed E-state index contributed by atoms with van der Waals surface area (Å²) in [7, 11) is 0. The molecular weight excluding hydrogens is 468 g/mol. The van der Waals surface area contributed by atoms with Gasteiger partial charge in [0.1, 0.15) is 11.6 Å². The van der Waals surface area contributed by atoms with Crippen molar-refractivity contribution in [2.45, 2.75) is 40.2 Å². The zero-order chi connectivity index (χ0) is 25.8. The normalized spacial score (nSPS) is 16.1. The van der Waals surface area contributed by atoms with Crippen LogP contribution < -0.4 is 4.90 Å². The Morgan fingerprint density at radius 3 is 2.22 bits per heavy atom. The molecule has 1 aromatic carbocycles. The van der Waals surface area contributed by atoms with Gasteiger partial charge in [0, 0.05) is 49.8 Å². The van der Waals surface area contributed by atoms with E-state index < -0.39 is 0 Å². The van der Waals surface area contributed by atoms with Gasteiger partial charge in [-0.3, -0.25) is 4.90 Å². The minimum atomic E-state index is 0.178. The average molecular weight is 503 g/mol. The second-order valence-electron chi connectivity index (χ2n) is 9.52. The van der Waals surface area contributed by atoms with Gasteiger partial charge in [0.15, 0.2) is 5.75 Å². The third-order valence-corrected chi connectivity index (χ3v) is 6.81. The van der Waals surface area contributed by atoms with E-state index in [-0.39, 0.29) is 5.75 Å². The molecule has 2 saturated heterocycles. The molecule has 0 aliphatic carbocycles. The Hall–Kier alpha value is -3.63. The Kier molecular flexibility index (Phi) is 7.57. The molecule has 0 radical (unpaired) electrons. The number of anilines is 1. The smallest absolute Gasteiger partial charge is 0.253 e. The van der Waals surface area contributed by atoms with Crippen molar-refractivity contribution in [1.82, 2.24) is 34.4 Å². The molecule has 2 aliphatic rings. The van der Waals surface area contributed by atoms with Crippen LogP contribution in [0.5, 0.6) is 5.75 Å². The Balaban J connectivity index is 0.000000182. The molecule has 4 aromatic rings. The fraction of sp³-hybridized carbons (Fsp3) is 0.444. The first-order valence-corrected chi connectivity index (χ1v) is 12.8. The van der Waals surface area contributed by atoms with Gasteiger partial charge in [0.05, 0.1) is 31.1 Å². The lowest BCUT2D eigenvalue weighted by Gasteiger charge is -2.25. The number of benzene rings is 1. The summed E-state index contributed by atoms with van der Waals surface area (Å²) in [6.07, 6.45) is 6.49. The molecule has 0 bridgehead atoms. The highest BCUT2D eigenvalue weighted by Gasteiger charge is 2.14. The van der Waals surface area contributed by atoms with E-state index in [4.69, 9.17) is 4.74 Å². The monoisotopic (exact) mass is 502 g/mol. The van der Waals surface area contributed by atoms with Crippen LogP contribution >= 0.6 is 0 Å². The van der Waals surface area contributed by atoms with Gasteiger partial charge in [-0.1, -0.05) is 12.1 Å². The average Bonchev–Trinajstić information content (AvgIpc) is 3.59. The Morgan fingerprint density at radius 2 is 1.54 bits per heavy atom. The molecule has 0 spiro atoms. The van der Waals surface area contributed by atoms with Crippen LogP contribution in [0.1, 0.15) is 35.9 Å². The number of nitrogens with zero attached hydrogens (tertiary/aromatic N) is 8. The van der Waals surface area contributed by atoms with E-state index in [1.165, 1.54) is 41.7 Å². The van der Waals surface area contributed by atoms with E-state index in [0.29, 0.717) is 23.0 Å². The molecule has 6 rings (SSSR count). The molecule has 0 saturated carbocycles. The summed E-state index contributed by atoms with van der Waals surface area (Å²) < 4.78 is 6.91. The minimum absolute atomic E-state index is 0.178. The van der Waals surface area contributed by atoms with E-state index in [9.17, 15) is 5.11 Å². The van der Waals surface area contributed by atoms with Gasteiger partial charge in [-0.25, -0.2) is 15.0 Å². The lowest BCUT2D eigenvalue weighted by atomic mass is 10.1. The van der Waals surface area contributed by atoms with Gasteiger partial charge < -0.3 is 14.7 Å². The van der Waals surface area contributed by atoms with Crippen LogP contribution in [0.2, 0.25) is 0 Å². The molecule has 2 aliphatic heterocycles. The molecule has 37 heavy (non-hydrogen) atoms. The first-order valence-electron chi connectivity index (χ1n) is 12.8. The molecule has 5 heterocycles. The van der Waals surface area contributed by atoms with Crippen molar-refractivity contribution in [3.05, 3.63) is 59.7 Å². The molecule has 10 heteroatoms. The zero-order valence-corrected chi connectivity index (χ0v) is 21.8. The number of hydrogen-bond acceptors (Lipinski definition) is 9. The van der Waals surface area contributed by atoms with Crippen molar-refractivity contribution < 1.29 is 9.84 Å². The number of hydrogen-bond donors (Lipinski definition) is 1. The van der Waals surface area contributed by atoms with Crippen LogP contribution in [0.4, 0.5) is 5.69 Å². The van der Waals surface area contributed by atoms with E-state index in [2.05, 4.69) is 59.1 Å². The van der Waals surface area contributed by atoms with Gasteiger partial charge in [0.25, 0.3) is 5.78 Å². The number of ether oxygens (including phenoxy) is 1. The van der Waals surface area contributed by atoms with Crippen molar-refractivity contribution in [2.75, 3.05) is 44.3 Å². The molecule has 1 N–H and O–H groups in total.